The van der Waals surface area contributed by atoms with Crippen LogP contribution < -0.4 is 10.2 Å². The standard InChI is InChI=1S/C13H14F3N3O3.C2H6/c14-13(15,16)12(20)17-9-5-7-18(8-6-9)10-1-3-11(4-2-10)19(21)22;1-2/h1-4,9H,5-8H2,(H,17,20);1-2H3. The number of nitro benzene ring substituents is 1. The number of hydrogen-bond donors (Lipinski definition) is 1. The van der Waals surface area contributed by atoms with Gasteiger partial charge in [0.2, 0.25) is 0 Å². The number of halogens is 3. The average Bonchev–Trinajstić information content (AvgIpc) is 2.56. The summed E-state index contributed by atoms with van der Waals surface area (Å²) < 4.78 is 36.5. The van der Waals surface area contributed by atoms with Crippen LogP contribution in [0.25, 0.3) is 0 Å². The topological polar surface area (TPSA) is 75.5 Å². The van der Waals surface area contributed by atoms with Gasteiger partial charge >= 0.3 is 12.1 Å². The van der Waals surface area contributed by atoms with Crippen molar-refractivity contribution in [3.05, 3.63) is 34.4 Å². The molecular weight excluding hydrogens is 327 g/mol. The van der Waals surface area contributed by atoms with E-state index in [4.69, 9.17) is 0 Å². The highest BCUT2D eigenvalue weighted by molar-refractivity contribution is 5.81. The minimum absolute atomic E-state index is 0.0175. The van der Waals surface area contributed by atoms with Crippen LogP contribution in [-0.2, 0) is 4.79 Å². The molecule has 0 aromatic heterocycles. The summed E-state index contributed by atoms with van der Waals surface area (Å²) in [5, 5.41) is 12.6. The van der Waals surface area contributed by atoms with Crippen LogP contribution in [0.2, 0.25) is 0 Å². The molecule has 1 aliphatic rings. The van der Waals surface area contributed by atoms with Gasteiger partial charge in [-0.3, -0.25) is 14.9 Å². The molecule has 0 radical (unpaired) electrons. The Kier molecular flexibility index (Phi) is 6.99. The van der Waals surface area contributed by atoms with E-state index in [1.165, 1.54) is 12.1 Å². The van der Waals surface area contributed by atoms with Gasteiger partial charge in [0.05, 0.1) is 4.92 Å². The summed E-state index contributed by atoms with van der Waals surface area (Å²) in [7, 11) is 0. The van der Waals surface area contributed by atoms with Crippen LogP contribution in [0.3, 0.4) is 0 Å². The third-order valence-corrected chi connectivity index (χ3v) is 3.51. The van der Waals surface area contributed by atoms with Crippen molar-refractivity contribution in [2.45, 2.75) is 38.9 Å². The number of hydrogen-bond acceptors (Lipinski definition) is 4. The number of carbonyl (C=O) groups is 1. The average molecular weight is 347 g/mol. The van der Waals surface area contributed by atoms with Gasteiger partial charge in [0.1, 0.15) is 0 Å². The van der Waals surface area contributed by atoms with Gasteiger partial charge in [-0.25, -0.2) is 0 Å². The Labute approximate surface area is 137 Å². The monoisotopic (exact) mass is 347 g/mol. The maximum Gasteiger partial charge on any atom is 0.471 e. The first-order valence-corrected chi connectivity index (χ1v) is 7.64. The smallest absolute Gasteiger partial charge is 0.371 e. The van der Waals surface area contributed by atoms with Crippen molar-refractivity contribution >= 4 is 17.3 Å². The first-order valence-electron chi connectivity index (χ1n) is 7.64. The van der Waals surface area contributed by atoms with Gasteiger partial charge in [0, 0.05) is 37.0 Å². The summed E-state index contributed by atoms with van der Waals surface area (Å²) >= 11 is 0. The molecule has 1 aromatic rings. The summed E-state index contributed by atoms with van der Waals surface area (Å²) in [6.07, 6.45) is -4.09. The van der Waals surface area contributed by atoms with E-state index in [0.717, 1.165) is 5.69 Å². The Bertz CT molecular complexity index is 553. The molecule has 0 atom stereocenters. The quantitative estimate of drug-likeness (QED) is 0.673. The lowest BCUT2D eigenvalue weighted by atomic mass is 10.0. The van der Waals surface area contributed by atoms with Gasteiger partial charge in [-0.05, 0) is 25.0 Å². The molecule has 1 heterocycles. The van der Waals surface area contributed by atoms with Gasteiger partial charge in [0.15, 0.2) is 0 Å². The van der Waals surface area contributed by atoms with Crippen LogP contribution >= 0.6 is 0 Å². The van der Waals surface area contributed by atoms with Crippen LogP contribution in [0.1, 0.15) is 26.7 Å². The third kappa shape index (κ3) is 5.39. The van der Waals surface area contributed by atoms with Crippen molar-refractivity contribution in [3.8, 4) is 0 Å². The van der Waals surface area contributed by atoms with Crippen molar-refractivity contribution in [2.24, 2.45) is 0 Å². The highest BCUT2D eigenvalue weighted by Gasteiger charge is 2.40. The Balaban J connectivity index is 0.00000139. The van der Waals surface area contributed by atoms with Crippen LogP contribution in [0.5, 0.6) is 0 Å². The fraction of sp³-hybridized carbons (Fsp3) is 0.533. The number of anilines is 1. The molecule has 1 saturated heterocycles. The predicted octanol–water partition coefficient (Wildman–Crippen LogP) is 3.27. The van der Waals surface area contributed by atoms with Gasteiger partial charge in [0.25, 0.3) is 5.69 Å². The van der Waals surface area contributed by atoms with Crippen molar-refractivity contribution in [2.75, 3.05) is 18.0 Å². The Morgan fingerprint density at radius 1 is 1.21 bits per heavy atom. The van der Waals surface area contributed by atoms with E-state index >= 15 is 0 Å². The number of nitrogens with one attached hydrogen (secondary N) is 1. The summed E-state index contributed by atoms with van der Waals surface area (Å²) in [5.41, 5.74) is 0.752. The molecule has 2 rings (SSSR count). The van der Waals surface area contributed by atoms with Crippen LogP contribution in [0.15, 0.2) is 24.3 Å². The number of nitro groups is 1. The Morgan fingerprint density at radius 2 is 1.71 bits per heavy atom. The molecule has 0 bridgehead atoms. The molecule has 9 heteroatoms. The second kappa shape index (κ2) is 8.51. The van der Waals surface area contributed by atoms with Gasteiger partial charge in [-0.1, -0.05) is 13.8 Å². The summed E-state index contributed by atoms with van der Waals surface area (Å²) in [5.74, 6) is -1.92. The number of nitrogens with zero attached hydrogens (tertiary/aromatic N) is 2. The fourth-order valence-electron chi connectivity index (χ4n) is 2.33. The summed E-state index contributed by atoms with van der Waals surface area (Å²) in [6, 6.07) is 5.46. The number of amides is 1. The van der Waals surface area contributed by atoms with E-state index in [0.29, 0.717) is 25.9 Å². The van der Waals surface area contributed by atoms with E-state index in [9.17, 15) is 28.1 Å². The molecule has 1 N–H and O–H groups in total. The van der Waals surface area contributed by atoms with E-state index in [1.807, 2.05) is 24.1 Å². The van der Waals surface area contributed by atoms with Crippen LogP contribution in [0, 0.1) is 10.1 Å². The molecule has 6 nitrogen and oxygen atoms in total. The minimum atomic E-state index is -4.87. The van der Waals surface area contributed by atoms with Crippen molar-refractivity contribution in [1.82, 2.24) is 5.32 Å². The highest BCUT2D eigenvalue weighted by Crippen LogP contribution is 2.23. The molecule has 0 unspecified atom stereocenters. The van der Waals surface area contributed by atoms with Gasteiger partial charge in [-0.15, -0.1) is 0 Å². The SMILES string of the molecule is CC.O=C(NC1CCN(c2ccc([N+](=O)[O-])cc2)CC1)C(F)(F)F. The molecule has 1 aromatic carbocycles. The molecule has 134 valence electrons. The maximum absolute atomic E-state index is 12.2. The maximum atomic E-state index is 12.2. The van der Waals surface area contributed by atoms with Crippen molar-refractivity contribution in [1.29, 1.82) is 0 Å². The van der Waals surface area contributed by atoms with E-state index < -0.39 is 23.0 Å². The fourth-order valence-corrected chi connectivity index (χ4v) is 2.33. The molecule has 1 fully saturated rings. The molecule has 1 amide bonds. The highest BCUT2D eigenvalue weighted by atomic mass is 19.4. The summed E-state index contributed by atoms with van der Waals surface area (Å²) in [4.78, 5) is 22.9. The van der Waals surface area contributed by atoms with E-state index in [1.54, 1.807) is 12.1 Å². The van der Waals surface area contributed by atoms with Gasteiger partial charge in [-0.2, -0.15) is 13.2 Å². The first-order chi connectivity index (χ1) is 11.3. The lowest BCUT2D eigenvalue weighted by Crippen LogP contribution is -2.48. The molecular formula is C15H20F3N3O3. The number of alkyl halides is 3. The van der Waals surface area contributed by atoms with E-state index in [-0.39, 0.29) is 5.69 Å². The van der Waals surface area contributed by atoms with Gasteiger partial charge < -0.3 is 10.2 Å². The third-order valence-electron chi connectivity index (χ3n) is 3.51. The minimum Gasteiger partial charge on any atom is -0.371 e. The number of rotatable bonds is 3. The number of non-ortho nitro benzene ring substituents is 1. The zero-order valence-electron chi connectivity index (χ0n) is 13.5. The first kappa shape index (κ1) is 19.7. The zero-order chi connectivity index (χ0) is 18.3. The summed E-state index contributed by atoms with van der Waals surface area (Å²) in [6.45, 7) is 4.95. The number of benzene rings is 1. The van der Waals surface area contributed by atoms with Crippen molar-refractivity contribution < 1.29 is 22.9 Å². The predicted molar refractivity (Wildman–Crippen MR) is 83.9 cm³/mol. The lowest BCUT2D eigenvalue weighted by Gasteiger charge is -2.34. The van der Waals surface area contributed by atoms with Crippen LogP contribution in [-0.4, -0.2) is 36.1 Å². The zero-order valence-corrected chi connectivity index (χ0v) is 13.5. The second-order valence-electron chi connectivity index (χ2n) is 5.01. The number of piperidine rings is 1. The van der Waals surface area contributed by atoms with E-state index in [2.05, 4.69) is 0 Å². The molecule has 0 aliphatic carbocycles. The largest absolute Gasteiger partial charge is 0.471 e. The second-order valence-corrected chi connectivity index (χ2v) is 5.01. The molecule has 0 saturated carbocycles. The lowest BCUT2D eigenvalue weighted by molar-refractivity contribution is -0.384. The van der Waals surface area contributed by atoms with Crippen LogP contribution in [0.4, 0.5) is 24.5 Å². The van der Waals surface area contributed by atoms with Crippen molar-refractivity contribution in [3.63, 3.8) is 0 Å². The molecule has 1 aliphatic heterocycles. The molecule has 24 heavy (non-hydrogen) atoms. The number of carbonyl (C=O) groups excluding carboxylic acids is 1. The Hall–Kier alpha value is -2.32. The normalized spacial score (nSPS) is 15.3. The Morgan fingerprint density at radius 3 is 2.12 bits per heavy atom. The molecule has 0 spiro atoms.